The zero-order chi connectivity index (χ0) is 10.7. The van der Waals surface area contributed by atoms with Crippen LogP contribution in [0.15, 0.2) is 18.6 Å². The number of piperidine rings is 1. The summed E-state index contributed by atoms with van der Waals surface area (Å²) in [6, 6.07) is 0. The molecule has 0 aliphatic carbocycles. The van der Waals surface area contributed by atoms with E-state index in [4.69, 9.17) is 0 Å². The average Bonchev–Trinajstić information content (AvgIpc) is 2.30. The highest BCUT2D eigenvalue weighted by molar-refractivity contribution is 5.38. The molecule has 1 N–H and O–H groups in total. The zero-order valence-electron chi connectivity index (χ0n) is 9.40. The zero-order valence-corrected chi connectivity index (χ0v) is 9.40. The lowest BCUT2D eigenvalue weighted by molar-refractivity contribution is 0.322. The molecule has 4 nitrogen and oxygen atoms in total. The molecule has 0 atom stereocenters. The lowest BCUT2D eigenvalue weighted by Gasteiger charge is -2.42. The minimum Gasteiger partial charge on any atom is -0.353 e. The summed E-state index contributed by atoms with van der Waals surface area (Å²) in [6.07, 6.45) is 7.59. The Morgan fingerprint density at radius 3 is 2.67 bits per heavy atom. The largest absolute Gasteiger partial charge is 0.353 e. The Labute approximate surface area is 90.7 Å². The highest BCUT2D eigenvalue weighted by Gasteiger charge is 2.31. The van der Waals surface area contributed by atoms with Crippen molar-refractivity contribution < 1.29 is 0 Å². The Morgan fingerprint density at radius 1 is 1.33 bits per heavy atom. The molecule has 0 amide bonds. The predicted molar refractivity (Wildman–Crippen MR) is 60.9 cm³/mol. The van der Waals surface area contributed by atoms with Crippen LogP contribution in [0.5, 0.6) is 0 Å². The van der Waals surface area contributed by atoms with Crippen LogP contribution in [0.4, 0.5) is 5.82 Å². The quantitative estimate of drug-likeness (QED) is 0.785. The van der Waals surface area contributed by atoms with Crippen molar-refractivity contribution in [1.29, 1.82) is 0 Å². The summed E-state index contributed by atoms with van der Waals surface area (Å²) in [5.74, 6) is 0.960. The summed E-state index contributed by atoms with van der Waals surface area (Å²) in [4.78, 5) is 10.7. The Bertz CT molecular complexity index is 306. The monoisotopic (exact) mass is 206 g/mol. The van der Waals surface area contributed by atoms with E-state index in [2.05, 4.69) is 34.2 Å². The SMILES string of the molecule is CN(c1cnccn1)C1(C)CCNCC1. The van der Waals surface area contributed by atoms with Gasteiger partial charge in [-0.25, -0.2) is 4.98 Å². The molecule has 0 radical (unpaired) electrons. The number of aromatic nitrogens is 2. The van der Waals surface area contributed by atoms with E-state index in [1.54, 1.807) is 12.4 Å². The van der Waals surface area contributed by atoms with Crippen LogP contribution in [0.25, 0.3) is 0 Å². The molecule has 1 fully saturated rings. The van der Waals surface area contributed by atoms with Crippen LogP contribution in [-0.4, -0.2) is 35.6 Å². The minimum absolute atomic E-state index is 0.210. The minimum atomic E-state index is 0.210. The van der Waals surface area contributed by atoms with Gasteiger partial charge in [0.05, 0.1) is 6.20 Å². The summed E-state index contributed by atoms with van der Waals surface area (Å²) in [7, 11) is 2.11. The summed E-state index contributed by atoms with van der Waals surface area (Å²) in [5.41, 5.74) is 0.210. The smallest absolute Gasteiger partial charge is 0.147 e. The molecule has 0 aromatic carbocycles. The maximum absolute atomic E-state index is 4.34. The van der Waals surface area contributed by atoms with Gasteiger partial charge in [0.25, 0.3) is 0 Å². The summed E-state index contributed by atoms with van der Waals surface area (Å²) in [6.45, 7) is 4.46. The number of rotatable bonds is 2. The van der Waals surface area contributed by atoms with Gasteiger partial charge < -0.3 is 10.2 Å². The van der Waals surface area contributed by atoms with Gasteiger partial charge in [0, 0.05) is 25.0 Å². The third kappa shape index (κ3) is 2.09. The fraction of sp³-hybridized carbons (Fsp3) is 0.636. The molecule has 1 aromatic heterocycles. The molecule has 0 saturated carbocycles. The number of nitrogens with zero attached hydrogens (tertiary/aromatic N) is 3. The van der Waals surface area contributed by atoms with Crippen LogP contribution in [0.3, 0.4) is 0 Å². The van der Waals surface area contributed by atoms with Gasteiger partial charge in [-0.1, -0.05) is 0 Å². The number of hydrogen-bond acceptors (Lipinski definition) is 4. The third-order valence-corrected chi connectivity index (χ3v) is 3.38. The number of hydrogen-bond donors (Lipinski definition) is 1. The highest BCUT2D eigenvalue weighted by atomic mass is 15.2. The lowest BCUT2D eigenvalue weighted by Crippen LogP contribution is -2.51. The molecule has 2 heterocycles. The second kappa shape index (κ2) is 4.14. The van der Waals surface area contributed by atoms with Crippen molar-refractivity contribution >= 4 is 5.82 Å². The number of anilines is 1. The first kappa shape index (κ1) is 10.4. The summed E-state index contributed by atoms with van der Waals surface area (Å²) in [5, 5.41) is 3.38. The van der Waals surface area contributed by atoms with Gasteiger partial charge in [-0.15, -0.1) is 0 Å². The van der Waals surface area contributed by atoms with E-state index in [9.17, 15) is 0 Å². The average molecular weight is 206 g/mol. The molecule has 0 spiro atoms. The predicted octanol–water partition coefficient (Wildman–Crippen LogP) is 1.05. The molecule has 1 saturated heterocycles. The standard InChI is InChI=1S/C11H18N4/c1-11(3-5-12-6-4-11)15(2)10-9-13-7-8-14-10/h7-9,12H,3-6H2,1-2H3. The molecular formula is C11H18N4. The van der Waals surface area contributed by atoms with Crippen molar-refractivity contribution in [2.45, 2.75) is 25.3 Å². The van der Waals surface area contributed by atoms with E-state index >= 15 is 0 Å². The van der Waals surface area contributed by atoms with Crippen LogP contribution in [0.1, 0.15) is 19.8 Å². The van der Waals surface area contributed by atoms with E-state index in [1.165, 1.54) is 0 Å². The lowest BCUT2D eigenvalue weighted by atomic mass is 9.89. The Morgan fingerprint density at radius 2 is 2.07 bits per heavy atom. The van der Waals surface area contributed by atoms with Gasteiger partial charge in [-0.2, -0.15) is 0 Å². The van der Waals surface area contributed by atoms with Crippen LogP contribution in [0.2, 0.25) is 0 Å². The number of nitrogens with one attached hydrogen (secondary N) is 1. The van der Waals surface area contributed by atoms with Gasteiger partial charge in [0.2, 0.25) is 0 Å². The maximum Gasteiger partial charge on any atom is 0.147 e. The molecule has 0 unspecified atom stereocenters. The van der Waals surface area contributed by atoms with Gasteiger partial charge in [-0.05, 0) is 32.9 Å². The molecule has 1 aromatic rings. The first-order chi connectivity index (χ1) is 7.22. The first-order valence-corrected chi connectivity index (χ1v) is 5.43. The van der Waals surface area contributed by atoms with Crippen molar-refractivity contribution in [2.24, 2.45) is 0 Å². The maximum atomic E-state index is 4.34. The second-order valence-electron chi connectivity index (χ2n) is 4.37. The van der Waals surface area contributed by atoms with E-state index in [1.807, 2.05) is 6.20 Å². The normalized spacial score (nSPS) is 19.9. The highest BCUT2D eigenvalue weighted by Crippen LogP contribution is 2.27. The van der Waals surface area contributed by atoms with Crippen LogP contribution < -0.4 is 10.2 Å². The molecule has 2 rings (SSSR count). The van der Waals surface area contributed by atoms with Crippen molar-refractivity contribution in [3.05, 3.63) is 18.6 Å². The fourth-order valence-corrected chi connectivity index (χ4v) is 2.04. The van der Waals surface area contributed by atoms with Gasteiger partial charge in [0.15, 0.2) is 0 Å². The van der Waals surface area contributed by atoms with Crippen LogP contribution in [-0.2, 0) is 0 Å². The summed E-state index contributed by atoms with van der Waals surface area (Å²) >= 11 is 0. The van der Waals surface area contributed by atoms with Gasteiger partial charge >= 0.3 is 0 Å². The second-order valence-corrected chi connectivity index (χ2v) is 4.37. The summed E-state index contributed by atoms with van der Waals surface area (Å²) < 4.78 is 0. The molecule has 1 aliphatic heterocycles. The van der Waals surface area contributed by atoms with Gasteiger partial charge in [-0.3, -0.25) is 4.98 Å². The molecule has 1 aliphatic rings. The third-order valence-electron chi connectivity index (χ3n) is 3.38. The van der Waals surface area contributed by atoms with Crippen molar-refractivity contribution in [3.8, 4) is 0 Å². The van der Waals surface area contributed by atoms with E-state index in [0.717, 1.165) is 31.7 Å². The topological polar surface area (TPSA) is 41.1 Å². The van der Waals surface area contributed by atoms with E-state index < -0.39 is 0 Å². The van der Waals surface area contributed by atoms with Crippen molar-refractivity contribution in [1.82, 2.24) is 15.3 Å². The van der Waals surface area contributed by atoms with Crippen LogP contribution in [0, 0.1) is 0 Å². The molecule has 0 bridgehead atoms. The van der Waals surface area contributed by atoms with Crippen molar-refractivity contribution in [3.63, 3.8) is 0 Å². The Balaban J connectivity index is 2.16. The molecule has 82 valence electrons. The van der Waals surface area contributed by atoms with E-state index in [-0.39, 0.29) is 5.54 Å². The Kier molecular flexibility index (Phi) is 2.86. The van der Waals surface area contributed by atoms with Gasteiger partial charge in [0.1, 0.15) is 5.82 Å². The van der Waals surface area contributed by atoms with Crippen LogP contribution >= 0.6 is 0 Å². The van der Waals surface area contributed by atoms with Crippen molar-refractivity contribution in [2.75, 3.05) is 25.0 Å². The molecule has 15 heavy (non-hydrogen) atoms. The Hall–Kier alpha value is -1.16. The first-order valence-electron chi connectivity index (χ1n) is 5.43. The molecular weight excluding hydrogens is 188 g/mol. The fourth-order valence-electron chi connectivity index (χ4n) is 2.04. The van der Waals surface area contributed by atoms with E-state index in [0.29, 0.717) is 0 Å². The molecule has 4 heteroatoms.